The van der Waals surface area contributed by atoms with Crippen molar-refractivity contribution in [3.8, 4) is 17.6 Å². The van der Waals surface area contributed by atoms with Crippen LogP contribution in [0.1, 0.15) is 16.7 Å². The summed E-state index contributed by atoms with van der Waals surface area (Å²) in [7, 11) is 1.52. The van der Waals surface area contributed by atoms with Crippen molar-refractivity contribution < 1.29 is 19.0 Å². The minimum absolute atomic E-state index is 0.0775. The number of hydrogen-bond donors (Lipinski definition) is 1. The summed E-state index contributed by atoms with van der Waals surface area (Å²) in [5.74, 6) is 0.106. The largest absolute Gasteiger partial charge is 0.496 e. The fourth-order valence-corrected chi connectivity index (χ4v) is 1.88. The van der Waals surface area contributed by atoms with Crippen molar-refractivity contribution in [2.75, 3.05) is 7.11 Å². The van der Waals surface area contributed by atoms with E-state index in [0.29, 0.717) is 22.4 Å². The van der Waals surface area contributed by atoms with Crippen molar-refractivity contribution in [1.29, 1.82) is 5.26 Å². The van der Waals surface area contributed by atoms with Gasteiger partial charge < -0.3 is 14.6 Å². The number of methoxy groups -OCH3 is 1. The van der Waals surface area contributed by atoms with Crippen molar-refractivity contribution in [3.05, 3.63) is 58.9 Å². The van der Waals surface area contributed by atoms with Gasteiger partial charge in [-0.05, 0) is 35.9 Å². The zero-order chi connectivity index (χ0) is 15.2. The molecule has 2 aromatic carbocycles. The van der Waals surface area contributed by atoms with Crippen LogP contribution in [0, 0.1) is 17.1 Å². The van der Waals surface area contributed by atoms with Crippen molar-refractivity contribution in [1.82, 2.24) is 0 Å². The molecule has 5 heteroatoms. The van der Waals surface area contributed by atoms with Crippen LogP contribution in [-0.4, -0.2) is 12.2 Å². The third-order valence-electron chi connectivity index (χ3n) is 2.97. The van der Waals surface area contributed by atoms with E-state index in [4.69, 9.17) is 19.8 Å². The van der Waals surface area contributed by atoms with Crippen LogP contribution in [0.2, 0.25) is 0 Å². The van der Waals surface area contributed by atoms with E-state index < -0.39 is 5.82 Å². The fraction of sp³-hybridized carbons (Fsp3) is 0.188. The number of aliphatic hydroxyl groups excluding tert-OH is 1. The van der Waals surface area contributed by atoms with Crippen LogP contribution in [0.25, 0.3) is 0 Å². The molecule has 0 radical (unpaired) electrons. The van der Waals surface area contributed by atoms with Crippen molar-refractivity contribution in [2.24, 2.45) is 0 Å². The maximum atomic E-state index is 13.7. The van der Waals surface area contributed by atoms with Gasteiger partial charge in [0.25, 0.3) is 0 Å². The quantitative estimate of drug-likeness (QED) is 0.918. The van der Waals surface area contributed by atoms with E-state index in [2.05, 4.69) is 0 Å². The molecule has 0 aliphatic rings. The summed E-state index contributed by atoms with van der Waals surface area (Å²) in [4.78, 5) is 0. The first-order chi connectivity index (χ1) is 10.2. The number of aliphatic hydroxyl groups is 1. The summed E-state index contributed by atoms with van der Waals surface area (Å²) in [6.07, 6.45) is 0. The van der Waals surface area contributed by atoms with Crippen molar-refractivity contribution in [3.63, 3.8) is 0 Å². The van der Waals surface area contributed by atoms with E-state index in [0.717, 1.165) is 0 Å². The summed E-state index contributed by atoms with van der Waals surface area (Å²) >= 11 is 0. The Hall–Kier alpha value is -2.58. The first-order valence-corrected chi connectivity index (χ1v) is 6.27. The predicted octanol–water partition coefficient (Wildman–Crippen LogP) is 2.78. The minimum atomic E-state index is -0.544. The van der Waals surface area contributed by atoms with Gasteiger partial charge in [0, 0.05) is 5.56 Å². The van der Waals surface area contributed by atoms with Gasteiger partial charge >= 0.3 is 0 Å². The van der Waals surface area contributed by atoms with Gasteiger partial charge in [0.2, 0.25) is 0 Å². The molecule has 0 bridgehead atoms. The monoisotopic (exact) mass is 287 g/mol. The highest BCUT2D eigenvalue weighted by Crippen LogP contribution is 2.24. The molecule has 2 rings (SSSR count). The number of halogens is 1. The Labute approximate surface area is 122 Å². The lowest BCUT2D eigenvalue weighted by molar-refractivity contribution is 0.274. The van der Waals surface area contributed by atoms with Gasteiger partial charge in [-0.25, -0.2) is 4.39 Å². The smallest absolute Gasteiger partial charge is 0.165 e. The molecule has 21 heavy (non-hydrogen) atoms. The SMILES string of the molecule is COc1ccc(C#N)cc1COc1ccc(CO)cc1F. The molecular weight excluding hydrogens is 273 g/mol. The summed E-state index contributed by atoms with van der Waals surface area (Å²) in [6, 6.07) is 11.2. The molecule has 0 aliphatic carbocycles. The second-order valence-electron chi connectivity index (χ2n) is 4.35. The van der Waals surface area contributed by atoms with E-state index >= 15 is 0 Å². The molecule has 0 saturated heterocycles. The van der Waals surface area contributed by atoms with E-state index in [1.54, 1.807) is 24.3 Å². The number of rotatable bonds is 5. The molecule has 0 aliphatic heterocycles. The molecule has 0 fully saturated rings. The van der Waals surface area contributed by atoms with Crippen LogP contribution < -0.4 is 9.47 Å². The Bertz CT molecular complexity index is 680. The van der Waals surface area contributed by atoms with Gasteiger partial charge in [0.1, 0.15) is 12.4 Å². The molecular formula is C16H14FNO3. The zero-order valence-corrected chi connectivity index (χ0v) is 11.5. The Morgan fingerprint density at radius 2 is 1.95 bits per heavy atom. The molecule has 108 valence electrons. The van der Waals surface area contributed by atoms with E-state index in [-0.39, 0.29) is 19.0 Å². The summed E-state index contributed by atoms with van der Waals surface area (Å²) in [6.45, 7) is -0.149. The highest BCUT2D eigenvalue weighted by Gasteiger charge is 2.09. The first kappa shape index (κ1) is 14.8. The Morgan fingerprint density at radius 3 is 2.57 bits per heavy atom. The number of ether oxygens (including phenoxy) is 2. The topological polar surface area (TPSA) is 62.5 Å². The third-order valence-corrected chi connectivity index (χ3v) is 2.97. The fourth-order valence-electron chi connectivity index (χ4n) is 1.88. The van der Waals surface area contributed by atoms with Crippen LogP contribution >= 0.6 is 0 Å². The van der Waals surface area contributed by atoms with Gasteiger partial charge in [-0.1, -0.05) is 6.07 Å². The highest BCUT2D eigenvalue weighted by molar-refractivity contribution is 5.42. The lowest BCUT2D eigenvalue weighted by Crippen LogP contribution is -2.01. The molecule has 2 aromatic rings. The molecule has 0 atom stereocenters. The minimum Gasteiger partial charge on any atom is -0.496 e. The van der Waals surface area contributed by atoms with Gasteiger partial charge in [-0.15, -0.1) is 0 Å². The molecule has 0 spiro atoms. The van der Waals surface area contributed by atoms with Gasteiger partial charge in [-0.2, -0.15) is 5.26 Å². The number of nitriles is 1. The molecule has 0 unspecified atom stereocenters. The van der Waals surface area contributed by atoms with Crippen LogP contribution in [0.4, 0.5) is 4.39 Å². The normalized spacial score (nSPS) is 10.0. The maximum absolute atomic E-state index is 13.7. The predicted molar refractivity (Wildman–Crippen MR) is 74.4 cm³/mol. The zero-order valence-electron chi connectivity index (χ0n) is 11.5. The average molecular weight is 287 g/mol. The third kappa shape index (κ3) is 3.50. The first-order valence-electron chi connectivity index (χ1n) is 6.27. The lowest BCUT2D eigenvalue weighted by Gasteiger charge is -2.11. The molecule has 4 nitrogen and oxygen atoms in total. The van der Waals surface area contributed by atoms with Crippen LogP contribution in [0.15, 0.2) is 36.4 Å². The number of nitrogens with zero attached hydrogens (tertiary/aromatic N) is 1. The molecule has 0 aromatic heterocycles. The molecule has 0 heterocycles. The molecule has 0 amide bonds. The second kappa shape index (κ2) is 6.73. The van der Waals surface area contributed by atoms with Gasteiger partial charge in [0.15, 0.2) is 11.6 Å². The van der Waals surface area contributed by atoms with E-state index in [1.807, 2.05) is 6.07 Å². The standard InChI is InChI=1S/C16H14FNO3/c1-20-15-4-2-11(8-18)6-13(15)10-21-16-5-3-12(9-19)7-14(16)17/h2-7,19H,9-10H2,1H3. The molecule has 1 N–H and O–H groups in total. The highest BCUT2D eigenvalue weighted by atomic mass is 19.1. The van der Waals surface area contributed by atoms with Crippen LogP contribution in [0.3, 0.4) is 0 Å². The summed E-state index contributed by atoms with van der Waals surface area (Å²) < 4.78 is 24.4. The lowest BCUT2D eigenvalue weighted by atomic mass is 10.1. The second-order valence-corrected chi connectivity index (χ2v) is 4.35. The van der Waals surface area contributed by atoms with Gasteiger partial charge in [-0.3, -0.25) is 0 Å². The van der Waals surface area contributed by atoms with Crippen LogP contribution in [-0.2, 0) is 13.2 Å². The maximum Gasteiger partial charge on any atom is 0.165 e. The Morgan fingerprint density at radius 1 is 1.19 bits per heavy atom. The summed E-state index contributed by atoms with van der Waals surface area (Å²) in [5.41, 5.74) is 1.61. The van der Waals surface area contributed by atoms with Crippen molar-refractivity contribution >= 4 is 0 Å². The van der Waals surface area contributed by atoms with Crippen molar-refractivity contribution in [2.45, 2.75) is 13.2 Å². The van der Waals surface area contributed by atoms with E-state index in [1.165, 1.54) is 19.2 Å². The number of benzene rings is 2. The van der Waals surface area contributed by atoms with Crippen LogP contribution in [0.5, 0.6) is 11.5 Å². The Balaban J connectivity index is 2.18. The average Bonchev–Trinajstić information content (AvgIpc) is 2.53. The molecule has 0 saturated carbocycles. The van der Waals surface area contributed by atoms with Gasteiger partial charge in [0.05, 0.1) is 25.3 Å². The number of hydrogen-bond acceptors (Lipinski definition) is 4. The summed E-state index contributed by atoms with van der Waals surface area (Å²) in [5, 5.41) is 17.8. The van der Waals surface area contributed by atoms with E-state index in [9.17, 15) is 4.39 Å². The Kier molecular flexibility index (Phi) is 4.75.